The number of hydrogen-bond acceptors (Lipinski definition) is 10. The molecule has 1 aliphatic rings. The number of hydrogen-bond donors (Lipinski definition) is 2. The van der Waals surface area contributed by atoms with Crippen LogP contribution in [0.5, 0.6) is 5.75 Å². The second kappa shape index (κ2) is 12.1. The Morgan fingerprint density at radius 1 is 1.30 bits per heavy atom. The number of aromatic amines is 1. The molecular weight excluding hydrogens is 566 g/mol. The van der Waals surface area contributed by atoms with Crippen molar-refractivity contribution in [3.8, 4) is 17.0 Å². The van der Waals surface area contributed by atoms with Crippen LogP contribution in [0.1, 0.15) is 40.3 Å². The minimum absolute atomic E-state index is 0.180. The van der Waals surface area contributed by atoms with Crippen molar-refractivity contribution >= 4 is 25.1 Å². The normalized spacial score (nSPS) is 23.1. The Bertz CT molecular complexity index is 1470. The van der Waals surface area contributed by atoms with Crippen LogP contribution in [0.15, 0.2) is 57.0 Å². The first-order chi connectivity index (χ1) is 18.8. The molecule has 3 heterocycles. The zero-order valence-electron chi connectivity index (χ0n) is 22.2. The summed E-state index contributed by atoms with van der Waals surface area (Å²) < 4.78 is 52.5. The fraction of sp³-hybridized carbons (Fsp3) is 0.440. The van der Waals surface area contributed by atoms with Crippen LogP contribution in [-0.2, 0) is 23.4 Å². The fourth-order valence-corrected chi connectivity index (χ4v) is 6.14. The SMILES string of the molecule is CC(C)OC(=O)[C@H](C)NP(=O)(OC[C@@H]1C[C@@](C)(F)[C@H](n2ccc(=O)[nH]c2=O)O1)Oc1ccc(-c2cscn2)cc1. The number of halogens is 1. The fourth-order valence-electron chi connectivity index (χ4n) is 4.06. The minimum Gasteiger partial charge on any atom is -0.462 e. The van der Waals surface area contributed by atoms with Gasteiger partial charge in [-0.1, -0.05) is 0 Å². The molecule has 2 aromatic heterocycles. The third kappa shape index (κ3) is 7.32. The van der Waals surface area contributed by atoms with Crippen molar-refractivity contribution in [1.29, 1.82) is 0 Å². The van der Waals surface area contributed by atoms with Crippen LogP contribution in [0.4, 0.5) is 4.39 Å². The molecule has 40 heavy (non-hydrogen) atoms. The highest BCUT2D eigenvalue weighted by Crippen LogP contribution is 2.47. The first-order valence-corrected chi connectivity index (χ1v) is 14.9. The molecule has 0 spiro atoms. The quantitative estimate of drug-likeness (QED) is 0.247. The molecule has 1 aromatic carbocycles. The van der Waals surface area contributed by atoms with Gasteiger partial charge in [-0.2, -0.15) is 5.09 Å². The van der Waals surface area contributed by atoms with Crippen molar-refractivity contribution in [3.63, 3.8) is 0 Å². The number of esters is 1. The highest BCUT2D eigenvalue weighted by molar-refractivity contribution is 7.52. The number of alkyl halides is 1. The maximum Gasteiger partial charge on any atom is 0.459 e. The molecule has 3 aromatic rings. The number of aromatic nitrogens is 3. The lowest BCUT2D eigenvalue weighted by molar-refractivity contribution is -0.149. The second-order valence-corrected chi connectivity index (χ2v) is 12.1. The predicted octanol–water partition coefficient (Wildman–Crippen LogP) is 3.81. The first kappa shape index (κ1) is 29.8. The summed E-state index contributed by atoms with van der Waals surface area (Å²) in [5.41, 5.74) is -0.201. The molecule has 1 unspecified atom stereocenters. The van der Waals surface area contributed by atoms with E-state index in [0.717, 1.165) is 28.1 Å². The van der Waals surface area contributed by atoms with Crippen LogP contribution in [0.2, 0.25) is 0 Å². The smallest absolute Gasteiger partial charge is 0.459 e. The van der Waals surface area contributed by atoms with Crippen molar-refractivity contribution in [2.75, 3.05) is 6.61 Å². The molecule has 15 heteroatoms. The molecule has 0 bridgehead atoms. The molecule has 216 valence electrons. The molecular formula is C25H30FN4O8PS. The van der Waals surface area contributed by atoms with Gasteiger partial charge in [-0.25, -0.2) is 18.7 Å². The highest BCUT2D eigenvalue weighted by Gasteiger charge is 2.48. The predicted molar refractivity (Wildman–Crippen MR) is 145 cm³/mol. The number of ether oxygens (including phenoxy) is 2. The van der Waals surface area contributed by atoms with Crippen molar-refractivity contribution in [2.45, 2.75) is 64.3 Å². The van der Waals surface area contributed by atoms with Crippen LogP contribution >= 0.6 is 19.1 Å². The third-order valence-corrected chi connectivity index (χ3v) is 8.09. The average Bonchev–Trinajstić information content (AvgIpc) is 3.51. The number of carbonyl (C=O) groups excluding carboxylic acids is 1. The number of nitrogens with one attached hydrogen (secondary N) is 2. The van der Waals surface area contributed by atoms with Gasteiger partial charge >= 0.3 is 19.4 Å². The lowest BCUT2D eigenvalue weighted by Gasteiger charge is -2.24. The summed E-state index contributed by atoms with van der Waals surface area (Å²) in [7, 11) is -4.25. The zero-order chi connectivity index (χ0) is 29.1. The van der Waals surface area contributed by atoms with Gasteiger partial charge in [-0.15, -0.1) is 11.3 Å². The topological polar surface area (TPSA) is 151 Å². The zero-order valence-corrected chi connectivity index (χ0v) is 23.9. The van der Waals surface area contributed by atoms with E-state index in [1.807, 2.05) is 5.38 Å². The monoisotopic (exact) mass is 596 g/mol. The van der Waals surface area contributed by atoms with E-state index in [1.165, 1.54) is 25.2 Å². The molecule has 1 aliphatic heterocycles. The molecule has 2 N–H and O–H groups in total. The average molecular weight is 597 g/mol. The maximum absolute atomic E-state index is 15.4. The molecule has 0 amide bonds. The number of nitrogens with zero attached hydrogens (tertiary/aromatic N) is 2. The lowest BCUT2D eigenvalue weighted by atomic mass is 10.0. The summed E-state index contributed by atoms with van der Waals surface area (Å²) in [6.45, 7) is 5.64. The van der Waals surface area contributed by atoms with Gasteiger partial charge in [-0.05, 0) is 52.0 Å². The van der Waals surface area contributed by atoms with E-state index in [9.17, 15) is 18.9 Å². The largest absolute Gasteiger partial charge is 0.462 e. The van der Waals surface area contributed by atoms with Crippen LogP contribution in [0, 0.1) is 0 Å². The molecule has 0 saturated carbocycles. The molecule has 4 rings (SSSR count). The van der Waals surface area contributed by atoms with Gasteiger partial charge in [0.2, 0.25) is 0 Å². The van der Waals surface area contributed by atoms with Crippen molar-refractivity contribution < 1.29 is 32.3 Å². The van der Waals surface area contributed by atoms with E-state index >= 15 is 4.39 Å². The van der Waals surface area contributed by atoms with Gasteiger partial charge in [-0.3, -0.25) is 23.7 Å². The van der Waals surface area contributed by atoms with Gasteiger partial charge in [0.25, 0.3) is 5.56 Å². The Balaban J connectivity index is 1.50. The Morgan fingerprint density at radius 2 is 2.02 bits per heavy atom. The summed E-state index contributed by atoms with van der Waals surface area (Å²) in [5.74, 6) is -0.494. The molecule has 1 fully saturated rings. The number of carbonyl (C=O) groups is 1. The van der Waals surface area contributed by atoms with E-state index < -0.39 is 61.7 Å². The van der Waals surface area contributed by atoms with Crippen molar-refractivity contribution in [1.82, 2.24) is 19.6 Å². The molecule has 0 radical (unpaired) electrons. The second-order valence-electron chi connectivity index (χ2n) is 9.73. The Morgan fingerprint density at radius 3 is 2.65 bits per heavy atom. The van der Waals surface area contributed by atoms with Gasteiger partial charge in [0.15, 0.2) is 11.9 Å². The molecule has 12 nitrogen and oxygen atoms in total. The van der Waals surface area contributed by atoms with E-state index in [0.29, 0.717) is 0 Å². The maximum atomic E-state index is 15.4. The summed E-state index contributed by atoms with van der Waals surface area (Å²) in [4.78, 5) is 42.3. The van der Waals surface area contributed by atoms with E-state index in [4.69, 9.17) is 18.5 Å². The summed E-state index contributed by atoms with van der Waals surface area (Å²) >= 11 is 1.45. The van der Waals surface area contributed by atoms with Gasteiger partial charge in [0.05, 0.1) is 30.0 Å². The van der Waals surface area contributed by atoms with Crippen molar-refractivity contribution in [3.05, 3.63) is 68.3 Å². The third-order valence-electron chi connectivity index (χ3n) is 5.86. The van der Waals surface area contributed by atoms with Crippen LogP contribution in [0.25, 0.3) is 11.3 Å². The number of benzene rings is 1. The number of thiazole rings is 1. The van der Waals surface area contributed by atoms with E-state index in [1.54, 1.807) is 43.6 Å². The van der Waals surface area contributed by atoms with Gasteiger partial charge in [0.1, 0.15) is 11.8 Å². The minimum atomic E-state index is -4.25. The Kier molecular flexibility index (Phi) is 9.06. The van der Waals surface area contributed by atoms with Crippen molar-refractivity contribution in [2.24, 2.45) is 0 Å². The molecule has 0 aliphatic carbocycles. The number of H-pyrrole nitrogens is 1. The summed E-state index contributed by atoms with van der Waals surface area (Å²) in [5, 5.41) is 4.45. The summed E-state index contributed by atoms with van der Waals surface area (Å²) in [6.07, 6.45) is -1.78. The number of rotatable bonds is 11. The molecule has 5 atom stereocenters. The van der Waals surface area contributed by atoms with Crippen LogP contribution in [0.3, 0.4) is 0 Å². The Labute approximate surface area is 233 Å². The summed E-state index contributed by atoms with van der Waals surface area (Å²) in [6, 6.07) is 6.61. The highest BCUT2D eigenvalue weighted by atomic mass is 32.1. The van der Waals surface area contributed by atoms with Gasteiger partial charge < -0.3 is 14.0 Å². The first-order valence-electron chi connectivity index (χ1n) is 12.4. The van der Waals surface area contributed by atoms with Crippen LogP contribution < -0.4 is 20.9 Å². The lowest BCUT2D eigenvalue weighted by Crippen LogP contribution is -2.38. The van der Waals surface area contributed by atoms with Gasteiger partial charge in [0, 0.05) is 29.6 Å². The molecule has 1 saturated heterocycles. The van der Waals surface area contributed by atoms with E-state index in [-0.39, 0.29) is 12.2 Å². The van der Waals surface area contributed by atoms with Crippen LogP contribution in [-0.4, -0.2) is 51.0 Å². The standard InChI is InChI=1S/C25H30FN4O8PS/c1-15(2)36-22(32)16(3)29-39(34,38-18-7-5-17(6-8-18)20-13-40-14-27-20)35-12-19-11-25(4,26)23(37-19)30-10-9-21(31)28-24(30)33/h5-10,13-16,19,23H,11-12H2,1-4H3,(H,29,34)(H,28,31,33)/t16-,19-,23+,25+,39?/m0/s1. The van der Waals surface area contributed by atoms with E-state index in [2.05, 4.69) is 15.1 Å². The Hall–Kier alpha value is -3.16.